The Kier molecular flexibility index (Phi) is 7.42. The van der Waals surface area contributed by atoms with Crippen LogP contribution in [0.3, 0.4) is 0 Å². The molecule has 0 aromatic heterocycles. The summed E-state index contributed by atoms with van der Waals surface area (Å²) in [4.78, 5) is 11.9. The molecule has 0 amide bonds. The van der Waals surface area contributed by atoms with Crippen molar-refractivity contribution in [2.75, 3.05) is 6.61 Å². The number of esters is 1. The van der Waals surface area contributed by atoms with Crippen molar-refractivity contribution in [2.45, 2.75) is 56.7 Å². The van der Waals surface area contributed by atoms with Gasteiger partial charge in [-0.25, -0.2) is 0 Å². The van der Waals surface area contributed by atoms with E-state index in [-0.39, 0.29) is 23.9 Å². The normalized spacial score (nSPS) is 29.3. The van der Waals surface area contributed by atoms with Gasteiger partial charge in [-0.3, -0.25) is 4.79 Å². The Labute approximate surface area is 170 Å². The quantitative estimate of drug-likeness (QED) is 0.550. The predicted molar refractivity (Wildman–Crippen MR) is 106 cm³/mol. The number of hydrogen-bond acceptors (Lipinski definition) is 4. The number of carbonyl (C=O) groups excluding carboxylic acids is 1. The van der Waals surface area contributed by atoms with Crippen molar-refractivity contribution in [3.63, 3.8) is 0 Å². The summed E-state index contributed by atoms with van der Waals surface area (Å²) >= 11 is 0. The second-order valence-corrected chi connectivity index (χ2v) is 7.76. The average molecular weight is 406 g/mol. The molecule has 3 rings (SSSR count). The molecule has 1 aliphatic heterocycles. The summed E-state index contributed by atoms with van der Waals surface area (Å²) in [6.45, 7) is -0.743. The molecule has 2 aliphatic rings. The molecule has 6 heteroatoms. The third-order valence-corrected chi connectivity index (χ3v) is 5.55. The van der Waals surface area contributed by atoms with Gasteiger partial charge in [-0.05, 0) is 49.8 Å². The number of hydrogen-bond donors (Lipinski definition) is 1. The molecule has 1 heterocycles. The standard InChI is InChI=1S/C23H28F2O4/c24-23(25,16-28-17-9-4-3-5-10-17)14-8-12-18-19-11-6-1-2-7-13-22(27)29-21(19)15-20(18)26/h1,3-6,8-10,14,18-21,26H,2,7,11-13,15-16H2/b6-1-,14-8+/t18-,19-,20-,21+/m1/s1. The average Bonchev–Trinajstić information content (AvgIpc) is 2.98. The Morgan fingerprint density at radius 3 is 2.83 bits per heavy atom. The van der Waals surface area contributed by atoms with Gasteiger partial charge in [0, 0.05) is 18.8 Å². The van der Waals surface area contributed by atoms with Gasteiger partial charge in [0.15, 0.2) is 6.61 Å². The number of halogens is 2. The molecule has 29 heavy (non-hydrogen) atoms. The monoisotopic (exact) mass is 406 g/mol. The smallest absolute Gasteiger partial charge is 0.306 e. The maximum Gasteiger partial charge on any atom is 0.306 e. The highest BCUT2D eigenvalue weighted by molar-refractivity contribution is 5.69. The summed E-state index contributed by atoms with van der Waals surface area (Å²) in [5.41, 5.74) is 0. The number of alkyl halides is 2. The lowest BCUT2D eigenvalue weighted by Crippen LogP contribution is -2.26. The van der Waals surface area contributed by atoms with Gasteiger partial charge in [0.05, 0.1) is 6.10 Å². The van der Waals surface area contributed by atoms with Crippen LogP contribution in [0.4, 0.5) is 8.78 Å². The molecule has 0 bridgehead atoms. The zero-order valence-corrected chi connectivity index (χ0v) is 16.4. The Morgan fingerprint density at radius 1 is 1.24 bits per heavy atom. The predicted octanol–water partition coefficient (Wildman–Crippen LogP) is 4.69. The van der Waals surface area contributed by atoms with Crippen molar-refractivity contribution in [1.29, 1.82) is 0 Å². The van der Waals surface area contributed by atoms with Crippen LogP contribution in [-0.4, -0.2) is 35.8 Å². The van der Waals surface area contributed by atoms with Crippen LogP contribution in [-0.2, 0) is 9.53 Å². The van der Waals surface area contributed by atoms with E-state index in [2.05, 4.69) is 0 Å². The number of allylic oxidation sites excluding steroid dienone is 3. The summed E-state index contributed by atoms with van der Waals surface area (Å²) in [5.74, 6) is -3.25. The fourth-order valence-electron chi connectivity index (χ4n) is 4.05. The number of benzene rings is 1. The van der Waals surface area contributed by atoms with Crippen molar-refractivity contribution in [3.05, 3.63) is 54.6 Å². The van der Waals surface area contributed by atoms with Crippen molar-refractivity contribution in [1.82, 2.24) is 0 Å². The SMILES string of the molecule is O=C1CCC/C=C\C[C@@H]2[C@@H](C/C=C/C(F)(F)COc3ccccc3)[C@H](O)C[C@@H]2O1. The van der Waals surface area contributed by atoms with Gasteiger partial charge in [-0.1, -0.05) is 36.4 Å². The minimum atomic E-state index is -3.11. The molecule has 1 saturated carbocycles. The zero-order chi connectivity index (χ0) is 20.7. The number of carbonyl (C=O) groups is 1. The van der Waals surface area contributed by atoms with Crippen LogP contribution in [0.15, 0.2) is 54.6 Å². The van der Waals surface area contributed by atoms with E-state index in [9.17, 15) is 18.7 Å². The summed E-state index contributed by atoms with van der Waals surface area (Å²) < 4.78 is 39.0. The van der Waals surface area contributed by atoms with Crippen LogP contribution in [0.1, 0.15) is 38.5 Å². The van der Waals surface area contributed by atoms with E-state index in [1.807, 2.05) is 12.2 Å². The molecule has 1 aliphatic carbocycles. The first kappa shape index (κ1) is 21.5. The first-order chi connectivity index (χ1) is 13.9. The molecule has 4 atom stereocenters. The van der Waals surface area contributed by atoms with E-state index in [0.717, 1.165) is 18.9 Å². The molecule has 1 aromatic carbocycles. The van der Waals surface area contributed by atoms with Gasteiger partial charge >= 0.3 is 5.97 Å². The molecule has 1 N–H and O–H groups in total. The van der Waals surface area contributed by atoms with E-state index in [1.54, 1.807) is 30.3 Å². The third-order valence-electron chi connectivity index (χ3n) is 5.55. The Balaban J connectivity index is 1.58. The van der Waals surface area contributed by atoms with Gasteiger partial charge < -0.3 is 14.6 Å². The molecular formula is C23H28F2O4. The number of aliphatic hydroxyl groups excluding tert-OH is 1. The van der Waals surface area contributed by atoms with E-state index in [0.29, 0.717) is 31.4 Å². The van der Waals surface area contributed by atoms with Crippen molar-refractivity contribution in [3.8, 4) is 5.75 Å². The molecule has 4 nitrogen and oxygen atoms in total. The highest BCUT2D eigenvalue weighted by Gasteiger charge is 2.43. The van der Waals surface area contributed by atoms with Crippen LogP contribution < -0.4 is 4.74 Å². The Morgan fingerprint density at radius 2 is 2.03 bits per heavy atom. The van der Waals surface area contributed by atoms with Gasteiger partial charge in [0.1, 0.15) is 11.9 Å². The maximum absolute atomic E-state index is 14.1. The van der Waals surface area contributed by atoms with Gasteiger partial charge in [-0.2, -0.15) is 8.78 Å². The van der Waals surface area contributed by atoms with Gasteiger partial charge in [0.2, 0.25) is 0 Å². The summed E-state index contributed by atoms with van der Waals surface area (Å²) in [6, 6.07) is 8.49. The first-order valence-electron chi connectivity index (χ1n) is 10.2. The number of para-hydroxylation sites is 1. The van der Waals surface area contributed by atoms with Gasteiger partial charge in [-0.15, -0.1) is 0 Å². The van der Waals surface area contributed by atoms with Crippen LogP contribution in [0.5, 0.6) is 5.75 Å². The highest BCUT2D eigenvalue weighted by atomic mass is 19.3. The molecule has 0 unspecified atom stereocenters. The lowest BCUT2D eigenvalue weighted by Gasteiger charge is -2.24. The minimum absolute atomic E-state index is 0.0675. The second-order valence-electron chi connectivity index (χ2n) is 7.76. The summed E-state index contributed by atoms with van der Waals surface area (Å²) in [5, 5.41) is 10.5. The largest absolute Gasteiger partial charge is 0.487 e. The van der Waals surface area contributed by atoms with Crippen molar-refractivity contribution in [2.24, 2.45) is 11.8 Å². The van der Waals surface area contributed by atoms with E-state index in [1.165, 1.54) is 6.08 Å². The molecule has 0 spiro atoms. The number of fused-ring (bicyclic) bond motifs is 1. The zero-order valence-electron chi connectivity index (χ0n) is 16.4. The molecule has 0 radical (unpaired) electrons. The molecular weight excluding hydrogens is 378 g/mol. The molecule has 1 aromatic rings. The second kappa shape index (κ2) is 10.0. The maximum atomic E-state index is 14.1. The van der Waals surface area contributed by atoms with Crippen molar-refractivity contribution < 1.29 is 28.2 Å². The summed E-state index contributed by atoms with van der Waals surface area (Å²) in [7, 11) is 0. The third kappa shape index (κ3) is 6.39. The van der Waals surface area contributed by atoms with E-state index < -0.39 is 18.6 Å². The topological polar surface area (TPSA) is 55.8 Å². The summed E-state index contributed by atoms with van der Waals surface area (Å²) in [6.07, 6.45) is 8.57. The van der Waals surface area contributed by atoms with Crippen LogP contribution in [0, 0.1) is 11.8 Å². The highest BCUT2D eigenvalue weighted by Crippen LogP contribution is 2.40. The molecule has 1 fully saturated rings. The van der Waals surface area contributed by atoms with E-state index >= 15 is 0 Å². The molecule has 158 valence electrons. The number of ether oxygens (including phenoxy) is 2. The Hall–Kier alpha value is -2.21. The lowest BCUT2D eigenvalue weighted by atomic mass is 9.87. The lowest BCUT2D eigenvalue weighted by molar-refractivity contribution is -0.151. The fourth-order valence-corrected chi connectivity index (χ4v) is 4.05. The minimum Gasteiger partial charge on any atom is -0.487 e. The molecule has 0 saturated heterocycles. The Bertz CT molecular complexity index is 717. The van der Waals surface area contributed by atoms with E-state index in [4.69, 9.17) is 9.47 Å². The van der Waals surface area contributed by atoms with Crippen LogP contribution in [0.25, 0.3) is 0 Å². The van der Waals surface area contributed by atoms with Crippen LogP contribution >= 0.6 is 0 Å². The van der Waals surface area contributed by atoms with Crippen molar-refractivity contribution >= 4 is 5.97 Å². The number of rotatable bonds is 6. The number of aliphatic hydroxyl groups is 1. The first-order valence-corrected chi connectivity index (χ1v) is 10.2. The fraction of sp³-hybridized carbons (Fsp3) is 0.522. The van der Waals surface area contributed by atoms with Crippen LogP contribution in [0.2, 0.25) is 0 Å². The van der Waals surface area contributed by atoms with Gasteiger partial charge in [0.25, 0.3) is 5.92 Å².